The Morgan fingerprint density at radius 2 is 1.86 bits per heavy atom. The molecule has 1 saturated carbocycles. The van der Waals surface area contributed by atoms with Gasteiger partial charge in [-0.15, -0.1) is 0 Å². The maximum Gasteiger partial charge on any atom is 0.123 e. The maximum atomic E-state index is 13.1. The first-order valence-corrected chi connectivity index (χ1v) is 10.1. The van der Waals surface area contributed by atoms with E-state index in [0.29, 0.717) is 13.0 Å². The zero-order valence-corrected chi connectivity index (χ0v) is 17.4. The molecule has 1 N–H and O–H groups in total. The summed E-state index contributed by atoms with van der Waals surface area (Å²) < 4.78 is 19.2. The number of nitrogens with zero attached hydrogens (tertiary/aromatic N) is 1. The number of halogens is 1. The van der Waals surface area contributed by atoms with Crippen LogP contribution < -0.4 is 0 Å². The number of benzene rings is 2. The molecule has 0 aliphatic heterocycles. The van der Waals surface area contributed by atoms with Crippen molar-refractivity contribution < 1.29 is 14.2 Å². The molecule has 3 unspecified atom stereocenters. The van der Waals surface area contributed by atoms with Crippen LogP contribution >= 0.6 is 0 Å². The molecule has 0 saturated heterocycles. The van der Waals surface area contributed by atoms with E-state index in [1.807, 2.05) is 14.1 Å². The summed E-state index contributed by atoms with van der Waals surface area (Å²) in [5, 5.41) is 11.8. The Morgan fingerprint density at radius 1 is 1.14 bits per heavy atom. The van der Waals surface area contributed by atoms with Crippen LogP contribution in [-0.2, 0) is 16.9 Å². The lowest BCUT2D eigenvalue weighted by Crippen LogP contribution is -2.47. The first-order chi connectivity index (χ1) is 13.3. The molecule has 0 heterocycles. The van der Waals surface area contributed by atoms with Gasteiger partial charge >= 0.3 is 0 Å². The van der Waals surface area contributed by atoms with Crippen molar-refractivity contribution in [2.45, 2.75) is 51.4 Å². The fourth-order valence-corrected chi connectivity index (χ4v) is 4.38. The lowest BCUT2D eigenvalue weighted by Gasteiger charge is -2.45. The van der Waals surface area contributed by atoms with Gasteiger partial charge in [0.05, 0.1) is 18.3 Å². The molecule has 3 atom stereocenters. The van der Waals surface area contributed by atoms with E-state index < -0.39 is 5.60 Å². The van der Waals surface area contributed by atoms with E-state index in [1.165, 1.54) is 17.7 Å². The fraction of sp³-hybridized carbons (Fsp3) is 0.500. The highest BCUT2D eigenvalue weighted by Gasteiger charge is 2.44. The Balaban J connectivity index is 1.75. The summed E-state index contributed by atoms with van der Waals surface area (Å²) in [6.45, 7) is 5.43. The smallest absolute Gasteiger partial charge is 0.123 e. The van der Waals surface area contributed by atoms with E-state index in [0.717, 1.165) is 36.1 Å². The zero-order valence-electron chi connectivity index (χ0n) is 17.4. The van der Waals surface area contributed by atoms with Crippen molar-refractivity contribution in [3.8, 4) is 0 Å². The van der Waals surface area contributed by atoms with Gasteiger partial charge in [0.1, 0.15) is 5.82 Å². The van der Waals surface area contributed by atoms with Gasteiger partial charge in [-0.25, -0.2) is 4.39 Å². The molecular weight excluding hydrogens is 353 g/mol. The van der Waals surface area contributed by atoms with Crippen LogP contribution in [0.1, 0.15) is 41.5 Å². The van der Waals surface area contributed by atoms with Gasteiger partial charge in [0.25, 0.3) is 0 Å². The number of hydrogen-bond donors (Lipinski definition) is 1. The average molecular weight is 386 g/mol. The van der Waals surface area contributed by atoms with Crippen molar-refractivity contribution >= 4 is 0 Å². The van der Waals surface area contributed by atoms with E-state index in [2.05, 4.69) is 36.9 Å². The quantitative estimate of drug-likeness (QED) is 0.790. The Morgan fingerprint density at radius 3 is 2.54 bits per heavy atom. The molecule has 3 nitrogen and oxygen atoms in total. The van der Waals surface area contributed by atoms with Crippen molar-refractivity contribution in [1.29, 1.82) is 0 Å². The van der Waals surface area contributed by atoms with Crippen LogP contribution in [0, 0.1) is 25.6 Å². The van der Waals surface area contributed by atoms with Crippen molar-refractivity contribution in [3.63, 3.8) is 0 Å². The summed E-state index contributed by atoms with van der Waals surface area (Å²) in [5.41, 5.74) is 3.50. The fourth-order valence-electron chi connectivity index (χ4n) is 4.38. The molecule has 4 heteroatoms. The summed E-state index contributed by atoms with van der Waals surface area (Å²) in [7, 11) is 4.10. The minimum absolute atomic E-state index is 0.0926. The second-order valence-electron chi connectivity index (χ2n) is 8.54. The summed E-state index contributed by atoms with van der Waals surface area (Å²) in [5.74, 6) is -0.138. The molecule has 0 radical (unpaired) electrons. The highest BCUT2D eigenvalue weighted by atomic mass is 19.1. The Bertz CT molecular complexity index is 790. The lowest BCUT2D eigenvalue weighted by molar-refractivity contribution is -0.111. The minimum atomic E-state index is -0.837. The largest absolute Gasteiger partial charge is 0.385 e. The van der Waals surface area contributed by atoms with Crippen molar-refractivity contribution in [3.05, 3.63) is 70.5 Å². The van der Waals surface area contributed by atoms with Gasteiger partial charge in [-0.05, 0) is 76.0 Å². The zero-order chi connectivity index (χ0) is 20.3. The number of aryl methyl sites for hydroxylation is 2. The Hall–Kier alpha value is -1.75. The monoisotopic (exact) mass is 385 g/mol. The first kappa shape index (κ1) is 21.0. The van der Waals surface area contributed by atoms with Crippen molar-refractivity contribution in [2.75, 3.05) is 20.6 Å². The molecule has 3 rings (SSSR count). The SMILES string of the molecule is Cc1ccc(C)c(C2(O)CCC(OCc3ccc(F)cc3)CC2CN(C)C)c1. The maximum absolute atomic E-state index is 13.1. The van der Waals surface area contributed by atoms with Crippen molar-refractivity contribution in [1.82, 2.24) is 4.90 Å². The van der Waals surface area contributed by atoms with E-state index >= 15 is 0 Å². The molecule has 1 aliphatic carbocycles. The minimum Gasteiger partial charge on any atom is -0.385 e. The second-order valence-corrected chi connectivity index (χ2v) is 8.54. The average Bonchev–Trinajstić information content (AvgIpc) is 2.65. The molecule has 0 amide bonds. The van der Waals surface area contributed by atoms with E-state index in [9.17, 15) is 9.50 Å². The molecule has 1 aliphatic rings. The number of hydrogen-bond acceptors (Lipinski definition) is 3. The third-order valence-corrected chi connectivity index (χ3v) is 5.91. The third kappa shape index (κ3) is 4.80. The van der Waals surface area contributed by atoms with Gasteiger partial charge < -0.3 is 14.7 Å². The van der Waals surface area contributed by atoms with Crippen LogP contribution in [-0.4, -0.2) is 36.8 Å². The molecule has 28 heavy (non-hydrogen) atoms. The first-order valence-electron chi connectivity index (χ1n) is 10.1. The number of aliphatic hydroxyl groups is 1. The molecule has 152 valence electrons. The molecule has 0 bridgehead atoms. The van der Waals surface area contributed by atoms with Gasteiger partial charge in [0, 0.05) is 12.5 Å². The van der Waals surface area contributed by atoms with E-state index in [-0.39, 0.29) is 17.8 Å². The highest BCUT2D eigenvalue weighted by Crippen LogP contribution is 2.44. The van der Waals surface area contributed by atoms with Gasteiger partial charge in [0.15, 0.2) is 0 Å². The normalized spacial score (nSPS) is 25.2. The predicted octanol–water partition coefficient (Wildman–Crippen LogP) is 4.58. The molecular formula is C24H32FNO2. The molecule has 0 spiro atoms. The van der Waals surface area contributed by atoms with Gasteiger partial charge in [-0.2, -0.15) is 0 Å². The van der Waals surface area contributed by atoms with Gasteiger partial charge in [-0.1, -0.05) is 35.9 Å². The molecule has 2 aromatic rings. The molecule has 1 fully saturated rings. The van der Waals surface area contributed by atoms with Crippen molar-refractivity contribution in [2.24, 2.45) is 5.92 Å². The Kier molecular flexibility index (Phi) is 6.54. The highest BCUT2D eigenvalue weighted by molar-refractivity contribution is 5.36. The lowest BCUT2D eigenvalue weighted by atomic mass is 9.69. The van der Waals surface area contributed by atoms with Crippen LogP contribution in [0.3, 0.4) is 0 Å². The van der Waals surface area contributed by atoms with E-state index in [4.69, 9.17) is 4.74 Å². The summed E-state index contributed by atoms with van der Waals surface area (Å²) >= 11 is 0. The second kappa shape index (κ2) is 8.73. The summed E-state index contributed by atoms with van der Waals surface area (Å²) in [6.07, 6.45) is 2.41. The molecule has 2 aromatic carbocycles. The van der Waals surface area contributed by atoms with Crippen LogP contribution in [0.15, 0.2) is 42.5 Å². The third-order valence-electron chi connectivity index (χ3n) is 5.91. The van der Waals surface area contributed by atoms with Gasteiger partial charge in [-0.3, -0.25) is 0 Å². The summed E-state index contributed by atoms with van der Waals surface area (Å²) in [4.78, 5) is 2.14. The standard InChI is InChI=1S/C24H32FNO2/c1-17-5-6-18(2)23(13-17)24(27)12-11-22(14-20(24)15-26(3)4)28-16-19-7-9-21(25)10-8-19/h5-10,13,20,22,27H,11-12,14-16H2,1-4H3. The summed E-state index contributed by atoms with van der Waals surface area (Å²) in [6, 6.07) is 12.8. The predicted molar refractivity (Wildman–Crippen MR) is 111 cm³/mol. The Labute approximate surface area is 168 Å². The number of rotatable bonds is 6. The molecule has 0 aromatic heterocycles. The topological polar surface area (TPSA) is 32.7 Å². The van der Waals surface area contributed by atoms with Crippen LogP contribution in [0.4, 0.5) is 4.39 Å². The van der Waals surface area contributed by atoms with Gasteiger partial charge in [0.2, 0.25) is 0 Å². The van der Waals surface area contributed by atoms with E-state index in [1.54, 1.807) is 12.1 Å². The van der Waals surface area contributed by atoms with Crippen LogP contribution in [0.2, 0.25) is 0 Å². The van der Waals surface area contributed by atoms with Crippen LogP contribution in [0.25, 0.3) is 0 Å². The van der Waals surface area contributed by atoms with Crippen LogP contribution in [0.5, 0.6) is 0 Å². The number of ether oxygens (including phenoxy) is 1.